The molecule has 0 nitrogen and oxygen atoms in total. The quantitative estimate of drug-likeness (QED) is 0.684. The molecule has 0 aromatic heterocycles. The van der Waals surface area contributed by atoms with Crippen LogP contribution in [0.25, 0.3) is 0 Å². The lowest BCUT2D eigenvalue weighted by Gasteiger charge is -2.17. The number of rotatable bonds is 2. The molecular formula is C9H9BrF2. The highest BCUT2D eigenvalue weighted by Crippen LogP contribution is 2.37. The third kappa shape index (κ3) is 2.27. The third-order valence-corrected chi connectivity index (χ3v) is 2.87. The summed E-state index contributed by atoms with van der Waals surface area (Å²) in [6.07, 6.45) is 0. The minimum absolute atomic E-state index is 0.602. The van der Waals surface area contributed by atoms with Crippen LogP contribution >= 0.6 is 15.9 Å². The van der Waals surface area contributed by atoms with E-state index in [9.17, 15) is 8.78 Å². The summed E-state index contributed by atoms with van der Waals surface area (Å²) < 4.78 is 25.5. The van der Waals surface area contributed by atoms with Crippen molar-refractivity contribution in [3.63, 3.8) is 0 Å². The minimum Gasteiger partial charge on any atom is -0.206 e. The fourth-order valence-electron chi connectivity index (χ4n) is 0.915. The van der Waals surface area contributed by atoms with Crippen LogP contribution < -0.4 is 0 Å². The average Bonchev–Trinajstić information content (AvgIpc) is 2.03. The first-order chi connectivity index (χ1) is 5.52. The van der Waals surface area contributed by atoms with Crippen molar-refractivity contribution in [2.45, 2.75) is 17.7 Å². The van der Waals surface area contributed by atoms with E-state index in [1.54, 1.807) is 30.3 Å². The van der Waals surface area contributed by atoms with Gasteiger partial charge in [0.1, 0.15) is 4.83 Å². The Morgan fingerprint density at radius 2 is 1.75 bits per heavy atom. The molecule has 0 spiro atoms. The molecule has 0 aliphatic heterocycles. The van der Waals surface area contributed by atoms with Crippen molar-refractivity contribution in [2.24, 2.45) is 0 Å². The second kappa shape index (κ2) is 3.52. The lowest BCUT2D eigenvalue weighted by Crippen LogP contribution is -2.16. The topological polar surface area (TPSA) is 0 Å². The van der Waals surface area contributed by atoms with Crippen molar-refractivity contribution in [1.82, 2.24) is 0 Å². The molecule has 3 heteroatoms. The number of alkyl halides is 3. The van der Waals surface area contributed by atoms with Crippen molar-refractivity contribution in [1.29, 1.82) is 0 Å². The SMILES string of the molecule is CC(F)(F)C(Br)c1ccccc1. The highest BCUT2D eigenvalue weighted by atomic mass is 79.9. The predicted octanol–water partition coefficient (Wildman–Crippen LogP) is 3.78. The second-order valence-electron chi connectivity index (χ2n) is 2.73. The Balaban J connectivity index is 2.86. The molecule has 0 radical (unpaired) electrons. The van der Waals surface area contributed by atoms with Crippen LogP contribution in [0.3, 0.4) is 0 Å². The van der Waals surface area contributed by atoms with Gasteiger partial charge in [0, 0.05) is 6.92 Å². The van der Waals surface area contributed by atoms with Crippen molar-refractivity contribution < 1.29 is 8.78 Å². The molecule has 0 fully saturated rings. The van der Waals surface area contributed by atoms with Gasteiger partial charge in [0.2, 0.25) is 0 Å². The predicted molar refractivity (Wildman–Crippen MR) is 48.7 cm³/mol. The molecule has 0 N–H and O–H groups in total. The summed E-state index contributed by atoms with van der Waals surface area (Å²) in [6, 6.07) is 8.65. The molecule has 0 saturated carbocycles. The van der Waals surface area contributed by atoms with Gasteiger partial charge in [0.15, 0.2) is 0 Å². The Morgan fingerprint density at radius 3 is 2.17 bits per heavy atom. The zero-order chi connectivity index (χ0) is 9.19. The first-order valence-electron chi connectivity index (χ1n) is 3.58. The fourth-order valence-corrected chi connectivity index (χ4v) is 1.22. The maximum absolute atomic E-state index is 12.8. The number of hydrogen-bond donors (Lipinski definition) is 0. The van der Waals surface area contributed by atoms with Gasteiger partial charge in [-0.3, -0.25) is 0 Å². The normalized spacial score (nSPS) is 14.3. The first-order valence-corrected chi connectivity index (χ1v) is 4.50. The van der Waals surface area contributed by atoms with E-state index in [0.29, 0.717) is 5.56 Å². The Bertz CT molecular complexity index is 240. The van der Waals surface area contributed by atoms with Crippen LogP contribution in [0.5, 0.6) is 0 Å². The zero-order valence-electron chi connectivity index (χ0n) is 6.60. The number of hydrogen-bond acceptors (Lipinski definition) is 0. The summed E-state index contributed by atoms with van der Waals surface area (Å²) in [5.74, 6) is -2.72. The monoisotopic (exact) mass is 234 g/mol. The molecule has 1 aromatic rings. The highest BCUT2D eigenvalue weighted by Gasteiger charge is 2.32. The van der Waals surface area contributed by atoms with Gasteiger partial charge in [-0.05, 0) is 5.56 Å². The molecule has 0 aliphatic rings. The summed E-state index contributed by atoms with van der Waals surface area (Å²) in [5.41, 5.74) is 0.602. The summed E-state index contributed by atoms with van der Waals surface area (Å²) in [4.78, 5) is -0.897. The average molecular weight is 235 g/mol. The van der Waals surface area contributed by atoms with Gasteiger partial charge in [-0.25, -0.2) is 8.78 Å². The van der Waals surface area contributed by atoms with Gasteiger partial charge >= 0.3 is 0 Å². The summed E-state index contributed by atoms with van der Waals surface area (Å²) in [6.45, 7) is 0.902. The molecule has 1 atom stereocenters. The lowest BCUT2D eigenvalue weighted by atomic mass is 10.1. The van der Waals surface area contributed by atoms with E-state index in [1.807, 2.05) is 0 Å². The van der Waals surface area contributed by atoms with Crippen LogP contribution in [0.1, 0.15) is 17.3 Å². The van der Waals surface area contributed by atoms with Gasteiger partial charge < -0.3 is 0 Å². The maximum Gasteiger partial charge on any atom is 0.261 e. The second-order valence-corrected chi connectivity index (χ2v) is 3.65. The molecule has 1 aromatic carbocycles. The molecular weight excluding hydrogens is 226 g/mol. The highest BCUT2D eigenvalue weighted by molar-refractivity contribution is 9.09. The van der Waals surface area contributed by atoms with E-state index in [2.05, 4.69) is 15.9 Å². The molecule has 0 bridgehead atoms. The summed E-state index contributed by atoms with van der Waals surface area (Å²) in [7, 11) is 0. The molecule has 0 aliphatic carbocycles. The van der Waals surface area contributed by atoms with E-state index in [-0.39, 0.29) is 0 Å². The van der Waals surface area contributed by atoms with E-state index in [0.717, 1.165) is 6.92 Å². The molecule has 66 valence electrons. The molecule has 12 heavy (non-hydrogen) atoms. The molecule has 0 saturated heterocycles. The van der Waals surface area contributed by atoms with E-state index in [1.165, 1.54) is 0 Å². The molecule has 0 amide bonds. The van der Waals surface area contributed by atoms with E-state index < -0.39 is 10.7 Å². The smallest absolute Gasteiger partial charge is 0.206 e. The van der Waals surface area contributed by atoms with Crippen LogP contribution in [-0.4, -0.2) is 5.92 Å². The van der Waals surface area contributed by atoms with Crippen molar-refractivity contribution >= 4 is 15.9 Å². The summed E-state index contributed by atoms with van der Waals surface area (Å²) >= 11 is 2.96. The molecule has 0 heterocycles. The number of benzene rings is 1. The van der Waals surface area contributed by atoms with Crippen molar-refractivity contribution in [3.8, 4) is 0 Å². The minimum atomic E-state index is -2.72. The Kier molecular flexibility index (Phi) is 2.83. The van der Waals surface area contributed by atoms with E-state index >= 15 is 0 Å². The van der Waals surface area contributed by atoms with Gasteiger partial charge in [0.25, 0.3) is 5.92 Å². The Labute approximate surface area is 78.7 Å². The standard InChI is InChI=1S/C9H9BrF2/c1-9(11,12)8(10)7-5-3-2-4-6-7/h2-6,8H,1H3. The van der Waals surface area contributed by atoms with Crippen molar-refractivity contribution in [3.05, 3.63) is 35.9 Å². The zero-order valence-corrected chi connectivity index (χ0v) is 8.18. The van der Waals surface area contributed by atoms with Crippen LogP contribution in [0.4, 0.5) is 8.78 Å². The van der Waals surface area contributed by atoms with Crippen LogP contribution in [-0.2, 0) is 0 Å². The van der Waals surface area contributed by atoms with E-state index in [4.69, 9.17) is 0 Å². The Hall–Kier alpha value is -0.440. The van der Waals surface area contributed by atoms with Crippen molar-refractivity contribution in [2.75, 3.05) is 0 Å². The maximum atomic E-state index is 12.8. The van der Waals surface area contributed by atoms with Crippen LogP contribution in [0.15, 0.2) is 30.3 Å². The number of halogens is 3. The van der Waals surface area contributed by atoms with Gasteiger partial charge in [-0.2, -0.15) is 0 Å². The fraction of sp³-hybridized carbons (Fsp3) is 0.333. The Morgan fingerprint density at radius 1 is 1.25 bits per heavy atom. The van der Waals surface area contributed by atoms with Gasteiger partial charge in [-0.15, -0.1) is 0 Å². The van der Waals surface area contributed by atoms with Gasteiger partial charge in [-0.1, -0.05) is 46.3 Å². The largest absolute Gasteiger partial charge is 0.261 e. The van der Waals surface area contributed by atoms with Crippen LogP contribution in [0, 0.1) is 0 Å². The first kappa shape index (κ1) is 9.65. The molecule has 1 rings (SSSR count). The van der Waals surface area contributed by atoms with Crippen LogP contribution in [0.2, 0.25) is 0 Å². The summed E-state index contributed by atoms with van der Waals surface area (Å²) in [5, 5.41) is 0. The third-order valence-electron chi connectivity index (χ3n) is 1.54. The van der Waals surface area contributed by atoms with Gasteiger partial charge in [0.05, 0.1) is 0 Å². The molecule has 1 unspecified atom stereocenters. The lowest BCUT2D eigenvalue weighted by molar-refractivity contribution is 0.0213.